The van der Waals surface area contributed by atoms with Gasteiger partial charge >= 0.3 is 0 Å². The summed E-state index contributed by atoms with van der Waals surface area (Å²) < 4.78 is 13.3. The van der Waals surface area contributed by atoms with Crippen molar-refractivity contribution >= 4 is 40.6 Å². The summed E-state index contributed by atoms with van der Waals surface area (Å²) in [4.78, 5) is 38.8. The number of hydrogen-bond acceptors (Lipinski definition) is 5. The lowest BCUT2D eigenvalue weighted by molar-refractivity contribution is -0.127. The normalized spacial score (nSPS) is 15.9. The number of phenolic OH excluding ortho intramolecular Hbond substituents is 1. The molecular formula is C26H29FN2O4S. The van der Waals surface area contributed by atoms with E-state index in [-0.39, 0.29) is 27.2 Å². The number of hydrogen-bond donors (Lipinski definition) is 2. The van der Waals surface area contributed by atoms with Gasteiger partial charge in [0.05, 0.1) is 4.91 Å². The Morgan fingerprint density at radius 1 is 1.06 bits per heavy atom. The monoisotopic (exact) mass is 484 g/mol. The molecule has 0 aliphatic carbocycles. The summed E-state index contributed by atoms with van der Waals surface area (Å²) in [6, 6.07) is 8.99. The zero-order valence-corrected chi connectivity index (χ0v) is 21.0. The maximum absolute atomic E-state index is 13.3. The molecule has 0 atom stereocenters. The van der Waals surface area contributed by atoms with E-state index in [2.05, 4.69) is 5.32 Å². The maximum atomic E-state index is 13.3. The first-order valence-corrected chi connectivity index (χ1v) is 11.7. The summed E-state index contributed by atoms with van der Waals surface area (Å²) >= 11 is 0.754. The van der Waals surface area contributed by atoms with Crippen molar-refractivity contribution in [3.63, 3.8) is 0 Å². The molecule has 0 aromatic heterocycles. The van der Waals surface area contributed by atoms with Crippen LogP contribution in [0.5, 0.6) is 5.75 Å². The lowest BCUT2D eigenvalue weighted by Crippen LogP contribution is -2.36. The Labute approximate surface area is 203 Å². The molecule has 0 saturated carbocycles. The van der Waals surface area contributed by atoms with Crippen LogP contribution in [0.3, 0.4) is 0 Å². The van der Waals surface area contributed by atoms with E-state index in [0.29, 0.717) is 5.56 Å². The van der Waals surface area contributed by atoms with Crippen LogP contribution < -0.4 is 5.32 Å². The van der Waals surface area contributed by atoms with Gasteiger partial charge in [0.2, 0.25) is 5.91 Å². The third-order valence-electron chi connectivity index (χ3n) is 5.33. The molecule has 0 spiro atoms. The molecule has 1 aliphatic heterocycles. The van der Waals surface area contributed by atoms with E-state index in [1.807, 2.05) is 53.7 Å². The second-order valence-electron chi connectivity index (χ2n) is 10.3. The van der Waals surface area contributed by atoms with Crippen molar-refractivity contribution in [3.8, 4) is 5.75 Å². The number of phenols is 1. The van der Waals surface area contributed by atoms with Gasteiger partial charge in [-0.3, -0.25) is 19.3 Å². The molecule has 3 rings (SSSR count). The number of benzene rings is 2. The Morgan fingerprint density at radius 2 is 1.65 bits per heavy atom. The molecule has 34 heavy (non-hydrogen) atoms. The van der Waals surface area contributed by atoms with Gasteiger partial charge in [-0.15, -0.1) is 0 Å². The third kappa shape index (κ3) is 5.67. The Bertz CT molecular complexity index is 1160. The molecule has 1 fully saturated rings. The molecule has 2 aromatic carbocycles. The van der Waals surface area contributed by atoms with Crippen LogP contribution in [0.1, 0.15) is 58.2 Å². The zero-order chi connectivity index (χ0) is 25.4. The number of amides is 3. The van der Waals surface area contributed by atoms with Gasteiger partial charge in [0.1, 0.15) is 18.1 Å². The molecular weight excluding hydrogens is 455 g/mol. The quantitative estimate of drug-likeness (QED) is 0.536. The molecule has 2 N–H and O–H groups in total. The molecule has 0 bridgehead atoms. The van der Waals surface area contributed by atoms with Gasteiger partial charge in [0.15, 0.2) is 0 Å². The highest BCUT2D eigenvalue weighted by Gasteiger charge is 2.36. The minimum absolute atomic E-state index is 0.189. The van der Waals surface area contributed by atoms with Crippen LogP contribution in [-0.4, -0.2) is 33.6 Å². The van der Waals surface area contributed by atoms with Gasteiger partial charge in [0, 0.05) is 16.8 Å². The fourth-order valence-electron chi connectivity index (χ4n) is 3.58. The number of halogens is 1. The number of carbonyl (C=O) groups is 3. The van der Waals surface area contributed by atoms with Crippen LogP contribution in [0.25, 0.3) is 6.08 Å². The summed E-state index contributed by atoms with van der Waals surface area (Å²) in [6.07, 6.45) is 1.61. The summed E-state index contributed by atoms with van der Waals surface area (Å²) in [5.74, 6) is -1.47. The number of imide groups is 1. The number of aromatic hydroxyl groups is 1. The second kappa shape index (κ2) is 9.25. The van der Waals surface area contributed by atoms with Gasteiger partial charge in [-0.25, -0.2) is 4.39 Å². The largest absolute Gasteiger partial charge is 0.507 e. The van der Waals surface area contributed by atoms with E-state index in [0.717, 1.165) is 33.9 Å². The van der Waals surface area contributed by atoms with E-state index < -0.39 is 29.4 Å². The smallest absolute Gasteiger partial charge is 0.294 e. The lowest BCUT2D eigenvalue weighted by Gasteiger charge is -2.28. The van der Waals surface area contributed by atoms with Gasteiger partial charge in [-0.2, -0.15) is 0 Å². The van der Waals surface area contributed by atoms with Crippen LogP contribution in [0.4, 0.5) is 14.9 Å². The fourth-order valence-corrected chi connectivity index (χ4v) is 4.42. The predicted molar refractivity (Wildman–Crippen MR) is 133 cm³/mol. The molecule has 2 aromatic rings. The van der Waals surface area contributed by atoms with E-state index >= 15 is 0 Å². The number of carbonyl (C=O) groups excluding carboxylic acids is 3. The van der Waals surface area contributed by atoms with E-state index in [1.54, 1.807) is 6.08 Å². The summed E-state index contributed by atoms with van der Waals surface area (Å²) in [5, 5.41) is 12.8. The van der Waals surface area contributed by atoms with Crippen LogP contribution >= 0.6 is 11.8 Å². The molecule has 0 radical (unpaired) electrons. The summed E-state index contributed by atoms with van der Waals surface area (Å²) in [6.45, 7) is 11.5. The highest BCUT2D eigenvalue weighted by Crippen LogP contribution is 2.41. The van der Waals surface area contributed by atoms with Crippen LogP contribution in [0.15, 0.2) is 41.3 Å². The number of rotatable bonds is 4. The third-order valence-corrected chi connectivity index (χ3v) is 6.24. The molecule has 1 heterocycles. The van der Waals surface area contributed by atoms with Crippen molar-refractivity contribution < 1.29 is 23.9 Å². The first-order valence-electron chi connectivity index (χ1n) is 10.9. The van der Waals surface area contributed by atoms with Crippen molar-refractivity contribution in [2.75, 3.05) is 11.9 Å². The number of nitrogens with one attached hydrogen (secondary N) is 1. The predicted octanol–water partition coefficient (Wildman–Crippen LogP) is 5.80. The molecule has 8 heteroatoms. The number of thioether (sulfide) groups is 1. The average Bonchev–Trinajstić information content (AvgIpc) is 2.94. The lowest BCUT2D eigenvalue weighted by atomic mass is 9.78. The average molecular weight is 485 g/mol. The number of anilines is 1. The minimum Gasteiger partial charge on any atom is -0.507 e. The Hall–Kier alpha value is -3.13. The molecule has 6 nitrogen and oxygen atoms in total. The highest BCUT2D eigenvalue weighted by molar-refractivity contribution is 8.18. The molecule has 1 aliphatic rings. The number of nitrogens with zero attached hydrogens (tertiary/aromatic N) is 1. The van der Waals surface area contributed by atoms with Crippen molar-refractivity contribution in [1.82, 2.24) is 4.90 Å². The minimum atomic E-state index is -0.608. The Balaban J connectivity index is 1.88. The molecule has 3 amide bonds. The Morgan fingerprint density at radius 3 is 2.18 bits per heavy atom. The van der Waals surface area contributed by atoms with E-state index in [4.69, 9.17) is 0 Å². The zero-order valence-electron chi connectivity index (χ0n) is 20.2. The van der Waals surface area contributed by atoms with E-state index in [9.17, 15) is 23.9 Å². The topological polar surface area (TPSA) is 86.7 Å². The summed E-state index contributed by atoms with van der Waals surface area (Å²) in [7, 11) is 0. The van der Waals surface area contributed by atoms with Gasteiger partial charge < -0.3 is 10.4 Å². The van der Waals surface area contributed by atoms with Gasteiger partial charge in [-0.1, -0.05) is 47.6 Å². The standard InChI is InChI=1S/C26H29FN2O4S/c1-25(2,3)18-10-15(11-19(22(18)31)26(4,5)6)12-20-23(32)29(24(33)34-20)14-21(30)28-17-9-7-8-16(27)13-17/h7-13,31H,14H2,1-6H3,(H,28,30)/b20-12+. The maximum Gasteiger partial charge on any atom is 0.294 e. The Kier molecular flexibility index (Phi) is 6.94. The van der Waals surface area contributed by atoms with Crippen LogP contribution in [0.2, 0.25) is 0 Å². The molecule has 1 saturated heterocycles. The van der Waals surface area contributed by atoms with Crippen molar-refractivity contribution in [1.29, 1.82) is 0 Å². The first-order chi connectivity index (χ1) is 15.7. The first kappa shape index (κ1) is 25.5. The molecule has 180 valence electrons. The van der Waals surface area contributed by atoms with Crippen LogP contribution in [0, 0.1) is 5.82 Å². The van der Waals surface area contributed by atoms with Crippen molar-refractivity contribution in [2.24, 2.45) is 0 Å². The van der Waals surface area contributed by atoms with Crippen molar-refractivity contribution in [2.45, 2.75) is 52.4 Å². The second-order valence-corrected chi connectivity index (χ2v) is 11.3. The molecule has 0 unspecified atom stereocenters. The summed E-state index contributed by atoms with van der Waals surface area (Å²) in [5.41, 5.74) is 1.70. The fraction of sp³-hybridized carbons (Fsp3) is 0.346. The van der Waals surface area contributed by atoms with Crippen molar-refractivity contribution in [3.05, 3.63) is 63.8 Å². The SMILES string of the molecule is CC(C)(C)c1cc(/C=C2/SC(=O)N(CC(=O)Nc3cccc(F)c3)C2=O)cc(C(C)(C)C)c1O. The van der Waals surface area contributed by atoms with E-state index in [1.165, 1.54) is 18.2 Å². The van der Waals surface area contributed by atoms with Gasteiger partial charge in [0.25, 0.3) is 11.1 Å². The van der Waals surface area contributed by atoms with Gasteiger partial charge in [-0.05, 0) is 64.6 Å². The van der Waals surface area contributed by atoms with Crippen LogP contribution in [-0.2, 0) is 20.4 Å². The highest BCUT2D eigenvalue weighted by atomic mass is 32.2.